The number of carbonyl (C=O) groups is 1. The largest absolute Gasteiger partial charge is 0.494 e. The van der Waals surface area contributed by atoms with Gasteiger partial charge < -0.3 is 21.1 Å². The van der Waals surface area contributed by atoms with Crippen molar-refractivity contribution in [1.29, 1.82) is 0 Å². The van der Waals surface area contributed by atoms with Gasteiger partial charge in [0, 0.05) is 24.4 Å². The van der Waals surface area contributed by atoms with Gasteiger partial charge in [0.05, 0.1) is 12.6 Å². The summed E-state index contributed by atoms with van der Waals surface area (Å²) >= 11 is 1.73. The highest BCUT2D eigenvalue weighted by atomic mass is 127. The lowest BCUT2D eigenvalue weighted by atomic mass is 10.1. The first-order valence-corrected chi connectivity index (χ1v) is 10.5. The number of hydrogen-bond acceptors (Lipinski definition) is 4. The van der Waals surface area contributed by atoms with Gasteiger partial charge in [-0.15, -0.1) is 35.3 Å². The van der Waals surface area contributed by atoms with E-state index in [1.54, 1.807) is 11.3 Å². The Kier molecular flexibility index (Phi) is 12.4. The van der Waals surface area contributed by atoms with E-state index in [0.717, 1.165) is 24.3 Å². The second-order valence-corrected chi connectivity index (χ2v) is 7.45. The molecule has 0 radical (unpaired) electrons. The molecule has 29 heavy (non-hydrogen) atoms. The van der Waals surface area contributed by atoms with Crippen LogP contribution >= 0.6 is 35.3 Å². The number of aliphatic imine (C=N–C) groups is 1. The quantitative estimate of drug-likeness (QED) is 0.178. The zero-order chi connectivity index (χ0) is 20.2. The molecule has 2 rings (SSSR count). The Morgan fingerprint density at radius 1 is 1.28 bits per heavy atom. The van der Waals surface area contributed by atoms with E-state index in [2.05, 4.69) is 27.1 Å². The molecule has 0 saturated heterocycles. The summed E-state index contributed by atoms with van der Waals surface area (Å²) in [6.07, 6.45) is 2.02. The molecule has 1 amide bonds. The maximum absolute atomic E-state index is 12.1. The topological polar surface area (TPSA) is 88.7 Å². The summed E-state index contributed by atoms with van der Waals surface area (Å²) in [4.78, 5) is 17.7. The molecule has 8 heteroatoms. The van der Waals surface area contributed by atoms with E-state index in [1.807, 2.05) is 44.2 Å². The van der Waals surface area contributed by atoms with Crippen molar-refractivity contribution < 1.29 is 9.53 Å². The smallest absolute Gasteiger partial charge is 0.220 e. The van der Waals surface area contributed by atoms with Gasteiger partial charge in [0.1, 0.15) is 5.75 Å². The number of thiophene rings is 1. The molecule has 1 aromatic carbocycles. The van der Waals surface area contributed by atoms with Gasteiger partial charge in [-0.25, -0.2) is 0 Å². The number of guanidine groups is 1. The highest BCUT2D eigenvalue weighted by Gasteiger charge is 2.09. The lowest BCUT2D eigenvalue weighted by Gasteiger charge is -2.15. The number of ether oxygens (including phenoxy) is 1. The molecule has 1 unspecified atom stereocenters. The summed E-state index contributed by atoms with van der Waals surface area (Å²) in [5.41, 5.74) is 6.90. The fourth-order valence-corrected chi connectivity index (χ4v) is 3.39. The van der Waals surface area contributed by atoms with Gasteiger partial charge in [-0.05, 0) is 55.8 Å². The number of benzene rings is 1. The third-order valence-corrected chi connectivity index (χ3v) is 5.11. The van der Waals surface area contributed by atoms with Crippen LogP contribution in [-0.4, -0.2) is 31.6 Å². The number of halogens is 1. The van der Waals surface area contributed by atoms with Crippen LogP contribution < -0.4 is 21.1 Å². The molecule has 2 aromatic rings. The van der Waals surface area contributed by atoms with Crippen molar-refractivity contribution in [3.8, 4) is 5.75 Å². The fourth-order valence-electron chi connectivity index (χ4n) is 2.68. The van der Waals surface area contributed by atoms with Crippen LogP contribution in [0.15, 0.2) is 46.8 Å². The standard InChI is InChI=1S/C21H30N4O2S.HI/c1-3-27-18-10-8-17(9-11-18)16(2)25-20(26)7-4-13-23-21(22)24-14-12-19-6-5-15-28-19;/h5-6,8-11,15-16H,3-4,7,12-14H2,1-2H3,(H,25,26)(H3,22,23,24);1H. The Morgan fingerprint density at radius 3 is 2.69 bits per heavy atom. The first-order valence-electron chi connectivity index (χ1n) is 9.66. The summed E-state index contributed by atoms with van der Waals surface area (Å²) in [7, 11) is 0. The second kappa shape index (κ2) is 14.2. The lowest BCUT2D eigenvalue weighted by molar-refractivity contribution is -0.121. The molecule has 0 aliphatic heterocycles. The number of nitrogens with two attached hydrogens (primary N) is 1. The molecule has 0 spiro atoms. The molecule has 6 nitrogen and oxygen atoms in total. The molecular formula is C21H31IN4O2S. The summed E-state index contributed by atoms with van der Waals surface area (Å²) in [6.45, 7) is 5.86. The van der Waals surface area contributed by atoms with E-state index in [-0.39, 0.29) is 35.9 Å². The number of carbonyl (C=O) groups excluding carboxylic acids is 1. The van der Waals surface area contributed by atoms with E-state index in [0.29, 0.717) is 32.0 Å². The minimum atomic E-state index is -0.0457. The number of nitrogens with zero attached hydrogens (tertiary/aromatic N) is 1. The Balaban J connectivity index is 0.00000420. The van der Waals surface area contributed by atoms with Crippen LogP contribution in [0.3, 0.4) is 0 Å². The number of rotatable bonds is 11. The monoisotopic (exact) mass is 530 g/mol. The molecule has 4 N–H and O–H groups in total. The van der Waals surface area contributed by atoms with Crippen LogP contribution in [-0.2, 0) is 11.2 Å². The minimum Gasteiger partial charge on any atom is -0.494 e. The maximum atomic E-state index is 12.1. The van der Waals surface area contributed by atoms with Crippen LogP contribution in [0.5, 0.6) is 5.75 Å². The molecule has 0 aliphatic carbocycles. The van der Waals surface area contributed by atoms with Crippen molar-refractivity contribution in [1.82, 2.24) is 10.6 Å². The predicted molar refractivity (Wildman–Crippen MR) is 131 cm³/mol. The molecule has 0 fully saturated rings. The molecular weight excluding hydrogens is 499 g/mol. The molecule has 0 saturated carbocycles. The zero-order valence-corrected chi connectivity index (χ0v) is 20.2. The second-order valence-electron chi connectivity index (χ2n) is 6.42. The van der Waals surface area contributed by atoms with Gasteiger partial charge >= 0.3 is 0 Å². The van der Waals surface area contributed by atoms with Crippen molar-refractivity contribution in [2.24, 2.45) is 10.7 Å². The van der Waals surface area contributed by atoms with E-state index in [4.69, 9.17) is 10.5 Å². The first-order chi connectivity index (χ1) is 13.6. The third-order valence-electron chi connectivity index (χ3n) is 4.17. The van der Waals surface area contributed by atoms with Gasteiger partial charge in [0.25, 0.3) is 0 Å². The van der Waals surface area contributed by atoms with Crippen molar-refractivity contribution >= 4 is 47.2 Å². The van der Waals surface area contributed by atoms with Crippen LogP contribution in [0.1, 0.15) is 43.2 Å². The average molecular weight is 530 g/mol. The van der Waals surface area contributed by atoms with Crippen molar-refractivity contribution in [3.63, 3.8) is 0 Å². The number of nitrogens with one attached hydrogen (secondary N) is 2. The van der Waals surface area contributed by atoms with Gasteiger partial charge in [0.15, 0.2) is 5.96 Å². The fraction of sp³-hybridized carbons (Fsp3) is 0.429. The van der Waals surface area contributed by atoms with E-state index < -0.39 is 0 Å². The van der Waals surface area contributed by atoms with Crippen LogP contribution in [0.4, 0.5) is 0 Å². The molecule has 1 atom stereocenters. The van der Waals surface area contributed by atoms with Gasteiger partial charge in [-0.3, -0.25) is 9.79 Å². The summed E-state index contributed by atoms with van der Waals surface area (Å²) in [6, 6.07) is 11.9. The average Bonchev–Trinajstić information content (AvgIpc) is 3.19. The van der Waals surface area contributed by atoms with Crippen LogP contribution in [0.25, 0.3) is 0 Å². The summed E-state index contributed by atoms with van der Waals surface area (Å²) in [5.74, 6) is 1.28. The third kappa shape index (κ3) is 9.98. The van der Waals surface area contributed by atoms with Gasteiger partial charge in [0.2, 0.25) is 5.91 Å². The predicted octanol–water partition coefficient (Wildman–Crippen LogP) is 3.87. The van der Waals surface area contributed by atoms with E-state index in [9.17, 15) is 4.79 Å². The Labute approximate surface area is 194 Å². The van der Waals surface area contributed by atoms with E-state index >= 15 is 0 Å². The molecule has 1 heterocycles. The number of hydrogen-bond donors (Lipinski definition) is 3. The lowest BCUT2D eigenvalue weighted by Crippen LogP contribution is -2.33. The van der Waals surface area contributed by atoms with Crippen LogP contribution in [0.2, 0.25) is 0 Å². The van der Waals surface area contributed by atoms with Crippen molar-refractivity contribution in [2.45, 2.75) is 39.2 Å². The van der Waals surface area contributed by atoms with Gasteiger partial charge in [-0.1, -0.05) is 18.2 Å². The summed E-state index contributed by atoms with van der Waals surface area (Å²) in [5, 5.41) is 8.18. The van der Waals surface area contributed by atoms with Gasteiger partial charge in [-0.2, -0.15) is 0 Å². The molecule has 160 valence electrons. The Bertz CT molecular complexity index is 736. The normalized spacial score (nSPS) is 12.0. The molecule has 0 bridgehead atoms. The Hall–Kier alpha value is -1.81. The molecule has 0 aliphatic rings. The minimum absolute atomic E-state index is 0. The first kappa shape index (κ1) is 25.2. The van der Waals surface area contributed by atoms with E-state index in [1.165, 1.54) is 4.88 Å². The maximum Gasteiger partial charge on any atom is 0.220 e. The highest BCUT2D eigenvalue weighted by Crippen LogP contribution is 2.17. The zero-order valence-electron chi connectivity index (χ0n) is 17.0. The highest BCUT2D eigenvalue weighted by molar-refractivity contribution is 14.0. The SMILES string of the molecule is CCOc1ccc(C(C)NC(=O)CCCN=C(N)NCCc2cccs2)cc1.I. The summed E-state index contributed by atoms with van der Waals surface area (Å²) < 4.78 is 5.44. The van der Waals surface area contributed by atoms with Crippen LogP contribution in [0, 0.1) is 0 Å². The number of amides is 1. The van der Waals surface area contributed by atoms with Crippen molar-refractivity contribution in [2.75, 3.05) is 19.7 Å². The Morgan fingerprint density at radius 2 is 2.03 bits per heavy atom. The van der Waals surface area contributed by atoms with Crippen molar-refractivity contribution in [3.05, 3.63) is 52.2 Å². The molecule has 1 aromatic heterocycles.